The molecule has 1 rings (SSSR count). The van der Waals surface area contributed by atoms with Crippen LogP contribution in [0.1, 0.15) is 12.8 Å². The molecule has 1 amide bonds. The van der Waals surface area contributed by atoms with Crippen molar-refractivity contribution in [3.8, 4) is 0 Å². The molecule has 5 heteroatoms. The largest absolute Gasteiger partial charge is 0.306 e. The fourth-order valence-corrected chi connectivity index (χ4v) is 1.20. The highest BCUT2D eigenvalue weighted by Crippen LogP contribution is 2.07. The fraction of sp³-hybridized carbons (Fsp3) is 0.857. The van der Waals surface area contributed by atoms with Gasteiger partial charge < -0.3 is 5.32 Å². The van der Waals surface area contributed by atoms with Crippen LogP contribution in [0.15, 0.2) is 0 Å². The molecule has 0 spiro atoms. The topological polar surface area (TPSA) is 41.6 Å². The number of hydrogen-bond donors (Lipinski definition) is 1. The van der Waals surface area contributed by atoms with Gasteiger partial charge in [0.25, 0.3) is 5.91 Å². The van der Waals surface area contributed by atoms with E-state index in [0.29, 0.717) is 0 Å². The third-order valence-corrected chi connectivity index (χ3v) is 1.94. The molecule has 12 heavy (non-hydrogen) atoms. The zero-order chi connectivity index (χ0) is 8.27. The number of nitrogens with zero attached hydrogens (tertiary/aromatic N) is 1. The van der Waals surface area contributed by atoms with Crippen LogP contribution in [-0.4, -0.2) is 37.7 Å². The van der Waals surface area contributed by atoms with Gasteiger partial charge in [-0.25, -0.2) is 5.06 Å². The molecule has 1 saturated heterocycles. The Balaban J connectivity index is 0.00000121. The number of carbonyl (C=O) groups excluding carboxylic acids is 1. The molecule has 0 aliphatic carbocycles. The van der Waals surface area contributed by atoms with Gasteiger partial charge in [-0.05, 0) is 19.4 Å². The van der Waals surface area contributed by atoms with Gasteiger partial charge >= 0.3 is 0 Å². The quantitative estimate of drug-likeness (QED) is 0.638. The summed E-state index contributed by atoms with van der Waals surface area (Å²) in [4.78, 5) is 16.1. The second-order valence-electron chi connectivity index (χ2n) is 2.67. The van der Waals surface area contributed by atoms with Crippen molar-refractivity contribution in [1.29, 1.82) is 0 Å². The van der Waals surface area contributed by atoms with Crippen LogP contribution in [-0.2, 0) is 9.63 Å². The van der Waals surface area contributed by atoms with Crippen molar-refractivity contribution in [2.75, 3.05) is 20.7 Å². The summed E-state index contributed by atoms with van der Waals surface area (Å²) < 4.78 is 0. The van der Waals surface area contributed by atoms with Gasteiger partial charge in [-0.15, -0.1) is 12.4 Å². The molecule has 0 aromatic heterocycles. The first-order chi connectivity index (χ1) is 5.25. The lowest BCUT2D eigenvalue weighted by Crippen LogP contribution is -2.40. The Morgan fingerprint density at radius 1 is 1.67 bits per heavy atom. The van der Waals surface area contributed by atoms with Gasteiger partial charge in [-0.3, -0.25) is 9.63 Å². The predicted molar refractivity (Wildman–Crippen MR) is 48.1 cm³/mol. The molecular formula is C7H15ClN2O2. The number of carbonyl (C=O) groups is 1. The van der Waals surface area contributed by atoms with E-state index >= 15 is 0 Å². The number of rotatable bonds is 2. The molecule has 4 nitrogen and oxygen atoms in total. The van der Waals surface area contributed by atoms with Crippen molar-refractivity contribution in [2.45, 2.75) is 18.9 Å². The number of halogens is 1. The van der Waals surface area contributed by atoms with Crippen molar-refractivity contribution < 1.29 is 9.63 Å². The van der Waals surface area contributed by atoms with Crippen molar-refractivity contribution in [1.82, 2.24) is 10.4 Å². The van der Waals surface area contributed by atoms with E-state index < -0.39 is 0 Å². The Bertz CT molecular complexity index is 148. The third kappa shape index (κ3) is 2.62. The minimum Gasteiger partial charge on any atom is -0.306 e. The van der Waals surface area contributed by atoms with Gasteiger partial charge in [-0.2, -0.15) is 0 Å². The summed E-state index contributed by atoms with van der Waals surface area (Å²) in [5.74, 6) is 0.0185. The highest BCUT2D eigenvalue weighted by atomic mass is 35.5. The average Bonchev–Trinajstić information content (AvgIpc) is 2.53. The van der Waals surface area contributed by atoms with E-state index in [9.17, 15) is 4.79 Å². The van der Waals surface area contributed by atoms with E-state index in [-0.39, 0.29) is 24.4 Å². The fourth-order valence-electron chi connectivity index (χ4n) is 1.20. The normalized spacial score (nSPS) is 21.7. The maximum Gasteiger partial charge on any atom is 0.262 e. The second-order valence-corrected chi connectivity index (χ2v) is 2.67. The van der Waals surface area contributed by atoms with Crippen LogP contribution >= 0.6 is 12.4 Å². The van der Waals surface area contributed by atoms with E-state index in [0.717, 1.165) is 19.4 Å². The smallest absolute Gasteiger partial charge is 0.262 e. The lowest BCUT2D eigenvalue weighted by atomic mass is 10.2. The Morgan fingerprint density at radius 2 is 2.33 bits per heavy atom. The van der Waals surface area contributed by atoms with Crippen molar-refractivity contribution >= 4 is 18.3 Å². The maximum atomic E-state index is 11.3. The zero-order valence-corrected chi connectivity index (χ0v) is 8.19. The molecule has 1 fully saturated rings. The van der Waals surface area contributed by atoms with Crippen LogP contribution < -0.4 is 5.32 Å². The van der Waals surface area contributed by atoms with Crippen LogP contribution in [0.2, 0.25) is 0 Å². The van der Waals surface area contributed by atoms with Gasteiger partial charge in [0.05, 0.1) is 13.2 Å². The Labute approximate surface area is 78.6 Å². The van der Waals surface area contributed by atoms with Gasteiger partial charge in [0.15, 0.2) is 0 Å². The Kier molecular flexibility index (Phi) is 5.20. The van der Waals surface area contributed by atoms with Crippen molar-refractivity contribution in [2.24, 2.45) is 0 Å². The minimum atomic E-state index is -0.0278. The zero-order valence-electron chi connectivity index (χ0n) is 7.37. The molecule has 0 bridgehead atoms. The van der Waals surface area contributed by atoms with E-state index in [4.69, 9.17) is 4.84 Å². The van der Waals surface area contributed by atoms with Crippen molar-refractivity contribution in [3.63, 3.8) is 0 Å². The van der Waals surface area contributed by atoms with Crippen LogP contribution in [0.5, 0.6) is 0 Å². The van der Waals surface area contributed by atoms with Gasteiger partial charge in [0.2, 0.25) is 0 Å². The highest BCUT2D eigenvalue weighted by molar-refractivity contribution is 5.85. The summed E-state index contributed by atoms with van der Waals surface area (Å²) in [6.07, 6.45) is 2.00. The monoisotopic (exact) mass is 194 g/mol. The third-order valence-electron chi connectivity index (χ3n) is 1.94. The van der Waals surface area contributed by atoms with Crippen LogP contribution in [0.3, 0.4) is 0 Å². The summed E-state index contributed by atoms with van der Waals surface area (Å²) in [5, 5.41) is 4.37. The molecular weight excluding hydrogens is 180 g/mol. The van der Waals surface area contributed by atoms with Crippen molar-refractivity contribution in [3.05, 3.63) is 0 Å². The molecule has 0 saturated carbocycles. The number of likely N-dealkylation sites (N-methyl/N-ethyl adjacent to an activating group) is 1. The SMILES string of the molecule is CON(C)C(=O)[C@@H]1CCCN1.Cl. The van der Waals surface area contributed by atoms with Crippen LogP contribution in [0.4, 0.5) is 0 Å². The average molecular weight is 195 g/mol. The summed E-state index contributed by atoms with van der Waals surface area (Å²) in [5.41, 5.74) is 0. The molecule has 0 aromatic rings. The van der Waals surface area contributed by atoms with Gasteiger partial charge in [0, 0.05) is 7.05 Å². The number of hydrogen-bond acceptors (Lipinski definition) is 3. The van der Waals surface area contributed by atoms with E-state index in [1.54, 1.807) is 7.05 Å². The molecule has 0 unspecified atom stereocenters. The summed E-state index contributed by atoms with van der Waals surface area (Å²) in [6, 6.07) is -0.0278. The predicted octanol–water partition coefficient (Wildman–Crippen LogP) is 0.180. The molecule has 72 valence electrons. The van der Waals surface area contributed by atoms with Gasteiger partial charge in [0.1, 0.15) is 0 Å². The van der Waals surface area contributed by atoms with Gasteiger partial charge in [-0.1, -0.05) is 0 Å². The lowest BCUT2D eigenvalue weighted by Gasteiger charge is -2.17. The lowest BCUT2D eigenvalue weighted by molar-refractivity contribution is -0.170. The molecule has 1 N–H and O–H groups in total. The molecule has 0 aromatic carbocycles. The second kappa shape index (κ2) is 5.35. The molecule has 1 aliphatic heterocycles. The molecule has 0 radical (unpaired) electrons. The van der Waals surface area contributed by atoms with E-state index in [2.05, 4.69) is 5.32 Å². The van der Waals surface area contributed by atoms with Crippen LogP contribution in [0, 0.1) is 0 Å². The Hall–Kier alpha value is -0.320. The maximum absolute atomic E-state index is 11.3. The first-order valence-electron chi connectivity index (χ1n) is 3.80. The highest BCUT2D eigenvalue weighted by Gasteiger charge is 2.24. The number of hydroxylamine groups is 2. The summed E-state index contributed by atoms with van der Waals surface area (Å²) >= 11 is 0. The number of amides is 1. The minimum absolute atomic E-state index is 0. The van der Waals surface area contributed by atoms with E-state index in [1.165, 1.54) is 12.2 Å². The number of nitrogens with one attached hydrogen (secondary N) is 1. The standard InChI is InChI=1S/C7H14N2O2.ClH/c1-9(11-2)7(10)6-4-3-5-8-6;/h6,8H,3-5H2,1-2H3;1H/t6-;/m0./s1. The first-order valence-corrected chi connectivity index (χ1v) is 3.80. The first kappa shape index (κ1) is 11.7. The molecule has 1 atom stereocenters. The Morgan fingerprint density at radius 3 is 2.75 bits per heavy atom. The summed E-state index contributed by atoms with van der Waals surface area (Å²) in [7, 11) is 3.12. The van der Waals surface area contributed by atoms with Crippen LogP contribution in [0.25, 0.3) is 0 Å². The molecule has 1 heterocycles. The van der Waals surface area contributed by atoms with E-state index in [1.807, 2.05) is 0 Å². The molecule has 1 aliphatic rings. The summed E-state index contributed by atoms with van der Waals surface area (Å²) in [6.45, 7) is 0.938.